The monoisotopic (exact) mass is 308 g/mol. The summed E-state index contributed by atoms with van der Waals surface area (Å²) in [6.45, 7) is 1.96. The molecule has 1 aliphatic heterocycles. The average molecular weight is 308 g/mol. The van der Waals surface area contributed by atoms with Gasteiger partial charge in [0.2, 0.25) is 0 Å². The Kier molecular flexibility index (Phi) is 6.17. The van der Waals surface area contributed by atoms with E-state index in [4.69, 9.17) is 9.47 Å². The highest BCUT2D eigenvalue weighted by molar-refractivity contribution is 5.79. The molecule has 3 N–H and O–H groups in total. The summed E-state index contributed by atoms with van der Waals surface area (Å²) in [6, 6.07) is 8.15. The Morgan fingerprint density at radius 3 is 2.82 bits per heavy atom. The molecule has 22 heavy (non-hydrogen) atoms. The maximum atomic E-state index is 11.7. The van der Waals surface area contributed by atoms with Crippen molar-refractivity contribution in [2.45, 2.75) is 25.2 Å². The van der Waals surface area contributed by atoms with Crippen molar-refractivity contribution in [1.82, 2.24) is 10.6 Å². The van der Waals surface area contributed by atoms with Gasteiger partial charge in [-0.3, -0.25) is 0 Å². The van der Waals surface area contributed by atoms with Gasteiger partial charge in [0.25, 0.3) is 0 Å². The Morgan fingerprint density at radius 2 is 2.18 bits per heavy atom. The van der Waals surface area contributed by atoms with Crippen LogP contribution in [0, 0.1) is 0 Å². The number of morpholine rings is 1. The molecule has 0 saturated carbocycles. The van der Waals surface area contributed by atoms with Crippen molar-refractivity contribution in [1.29, 1.82) is 0 Å². The number of amides is 1. The van der Waals surface area contributed by atoms with Gasteiger partial charge in [0.1, 0.15) is 12.6 Å². The fraction of sp³-hybridized carbons (Fsp3) is 0.467. The van der Waals surface area contributed by atoms with Crippen LogP contribution in [-0.2, 0) is 20.9 Å². The van der Waals surface area contributed by atoms with Gasteiger partial charge in [0.15, 0.2) is 0 Å². The lowest BCUT2D eigenvalue weighted by Crippen LogP contribution is -2.47. The van der Waals surface area contributed by atoms with E-state index >= 15 is 0 Å². The van der Waals surface area contributed by atoms with E-state index in [0.717, 1.165) is 12.1 Å². The molecular formula is C15H20N2O5. The molecule has 0 radical (unpaired) electrons. The van der Waals surface area contributed by atoms with Crippen molar-refractivity contribution in [2.24, 2.45) is 0 Å². The molecule has 1 aliphatic rings. The Hall–Kier alpha value is -2.12. The molecule has 2 rings (SSSR count). The summed E-state index contributed by atoms with van der Waals surface area (Å²) in [5.74, 6) is -1.11. The molecule has 0 bridgehead atoms. The highest BCUT2D eigenvalue weighted by Crippen LogP contribution is 2.07. The van der Waals surface area contributed by atoms with Gasteiger partial charge in [-0.25, -0.2) is 9.59 Å². The molecule has 7 nitrogen and oxygen atoms in total. The first-order chi connectivity index (χ1) is 10.6. The summed E-state index contributed by atoms with van der Waals surface area (Å²) in [5, 5.41) is 14.7. The highest BCUT2D eigenvalue weighted by atomic mass is 16.5. The first kappa shape index (κ1) is 16.3. The smallest absolute Gasteiger partial charge is 0.408 e. The third-order valence-electron chi connectivity index (χ3n) is 3.31. The SMILES string of the molecule is O=C(N[C@@H](C[C@H]1CNCCO1)C(=O)O)OCc1ccccc1. The van der Waals surface area contributed by atoms with Crippen molar-refractivity contribution in [3.05, 3.63) is 35.9 Å². The zero-order valence-electron chi connectivity index (χ0n) is 12.2. The van der Waals surface area contributed by atoms with Crippen LogP contribution >= 0.6 is 0 Å². The first-order valence-electron chi connectivity index (χ1n) is 7.17. The number of ether oxygens (including phenoxy) is 2. The number of carbonyl (C=O) groups excluding carboxylic acids is 1. The van der Waals surface area contributed by atoms with E-state index in [0.29, 0.717) is 13.2 Å². The van der Waals surface area contributed by atoms with Crippen LogP contribution in [0.3, 0.4) is 0 Å². The molecule has 0 aliphatic carbocycles. The molecule has 0 spiro atoms. The Morgan fingerprint density at radius 1 is 1.41 bits per heavy atom. The molecule has 0 aromatic heterocycles. The lowest BCUT2D eigenvalue weighted by molar-refractivity contribution is -0.140. The summed E-state index contributed by atoms with van der Waals surface area (Å²) in [5.41, 5.74) is 0.837. The molecule has 0 unspecified atom stereocenters. The van der Waals surface area contributed by atoms with Crippen LogP contribution < -0.4 is 10.6 Å². The summed E-state index contributed by atoms with van der Waals surface area (Å²) in [7, 11) is 0. The molecule has 1 fully saturated rings. The standard InChI is InChI=1S/C15H20N2O5/c18-14(19)13(8-12-9-16-6-7-21-12)17-15(20)22-10-11-4-2-1-3-5-11/h1-5,12-13,16H,6-10H2,(H,17,20)(H,18,19)/t12-,13-/m0/s1. The van der Waals surface area contributed by atoms with Crippen molar-refractivity contribution in [3.63, 3.8) is 0 Å². The summed E-state index contributed by atoms with van der Waals surface area (Å²) in [4.78, 5) is 23.0. The van der Waals surface area contributed by atoms with Gasteiger partial charge in [-0.2, -0.15) is 0 Å². The quantitative estimate of drug-likeness (QED) is 0.717. The Balaban J connectivity index is 1.79. The summed E-state index contributed by atoms with van der Waals surface area (Å²) < 4.78 is 10.5. The van der Waals surface area contributed by atoms with Crippen LogP contribution in [0.5, 0.6) is 0 Å². The molecule has 1 heterocycles. The Bertz CT molecular complexity index is 488. The van der Waals surface area contributed by atoms with Gasteiger partial charge in [-0.15, -0.1) is 0 Å². The van der Waals surface area contributed by atoms with Gasteiger partial charge in [-0.1, -0.05) is 30.3 Å². The van der Waals surface area contributed by atoms with Crippen molar-refractivity contribution >= 4 is 12.1 Å². The lowest BCUT2D eigenvalue weighted by atomic mass is 10.1. The van der Waals surface area contributed by atoms with Gasteiger partial charge in [-0.05, 0) is 5.56 Å². The van der Waals surface area contributed by atoms with Crippen molar-refractivity contribution < 1.29 is 24.2 Å². The number of carboxylic acids is 1. The predicted molar refractivity (Wildman–Crippen MR) is 78.4 cm³/mol. The number of nitrogens with one attached hydrogen (secondary N) is 2. The third-order valence-corrected chi connectivity index (χ3v) is 3.31. The van der Waals surface area contributed by atoms with E-state index in [1.165, 1.54) is 0 Å². The second kappa shape index (κ2) is 8.35. The molecule has 1 amide bonds. The molecular weight excluding hydrogens is 288 g/mol. The fourth-order valence-electron chi connectivity index (χ4n) is 2.16. The number of carboxylic acid groups (broad SMARTS) is 1. The second-order valence-corrected chi connectivity index (χ2v) is 5.03. The minimum Gasteiger partial charge on any atom is -0.480 e. The lowest BCUT2D eigenvalue weighted by Gasteiger charge is -2.26. The number of alkyl carbamates (subject to hydrolysis) is 1. The maximum Gasteiger partial charge on any atom is 0.408 e. The van der Waals surface area contributed by atoms with Crippen LogP contribution in [0.4, 0.5) is 4.79 Å². The molecule has 7 heteroatoms. The molecule has 1 aromatic carbocycles. The molecule has 120 valence electrons. The number of hydrogen-bond donors (Lipinski definition) is 3. The van der Waals surface area contributed by atoms with Crippen LogP contribution in [0.2, 0.25) is 0 Å². The van der Waals surface area contributed by atoms with Gasteiger partial charge in [0, 0.05) is 19.5 Å². The second-order valence-electron chi connectivity index (χ2n) is 5.03. The van der Waals surface area contributed by atoms with Crippen molar-refractivity contribution in [3.8, 4) is 0 Å². The van der Waals surface area contributed by atoms with Crippen LogP contribution in [0.15, 0.2) is 30.3 Å². The number of aliphatic carboxylic acids is 1. The van der Waals surface area contributed by atoms with E-state index in [1.54, 1.807) is 0 Å². The van der Waals surface area contributed by atoms with Gasteiger partial charge in [0.05, 0.1) is 12.7 Å². The van der Waals surface area contributed by atoms with Crippen molar-refractivity contribution in [2.75, 3.05) is 19.7 Å². The fourth-order valence-corrected chi connectivity index (χ4v) is 2.16. The molecule has 2 atom stereocenters. The first-order valence-corrected chi connectivity index (χ1v) is 7.17. The number of rotatable bonds is 6. The minimum absolute atomic E-state index is 0.0977. The minimum atomic E-state index is -1.11. The number of benzene rings is 1. The average Bonchev–Trinajstić information content (AvgIpc) is 2.54. The largest absolute Gasteiger partial charge is 0.480 e. The van der Waals surface area contributed by atoms with Gasteiger partial charge >= 0.3 is 12.1 Å². The molecule has 1 saturated heterocycles. The zero-order valence-corrected chi connectivity index (χ0v) is 12.2. The molecule has 1 aromatic rings. The van der Waals surface area contributed by atoms with Crippen LogP contribution in [0.1, 0.15) is 12.0 Å². The third kappa shape index (κ3) is 5.34. The van der Waals surface area contributed by atoms with E-state index in [-0.39, 0.29) is 19.1 Å². The van der Waals surface area contributed by atoms with Crippen LogP contribution in [0.25, 0.3) is 0 Å². The summed E-state index contributed by atoms with van der Waals surface area (Å²) in [6.07, 6.45) is -0.785. The van der Waals surface area contributed by atoms with E-state index in [1.807, 2.05) is 30.3 Å². The van der Waals surface area contributed by atoms with Gasteiger partial charge < -0.3 is 25.2 Å². The van der Waals surface area contributed by atoms with E-state index in [2.05, 4.69) is 10.6 Å². The van der Waals surface area contributed by atoms with Crippen LogP contribution in [-0.4, -0.2) is 49.0 Å². The van der Waals surface area contributed by atoms with E-state index < -0.39 is 18.1 Å². The zero-order chi connectivity index (χ0) is 15.8. The predicted octanol–water partition coefficient (Wildman–Crippen LogP) is 0.745. The highest BCUT2D eigenvalue weighted by Gasteiger charge is 2.26. The summed E-state index contributed by atoms with van der Waals surface area (Å²) >= 11 is 0. The van der Waals surface area contributed by atoms with E-state index in [9.17, 15) is 14.7 Å². The normalized spacial score (nSPS) is 19.2. The Labute approximate surface area is 128 Å². The maximum absolute atomic E-state index is 11.7. The number of hydrogen-bond acceptors (Lipinski definition) is 5. The topological polar surface area (TPSA) is 96.9 Å². The number of carbonyl (C=O) groups is 2.